The Bertz CT molecular complexity index is 548. The van der Waals surface area contributed by atoms with Crippen molar-refractivity contribution in [2.45, 2.75) is 26.2 Å². The van der Waals surface area contributed by atoms with Crippen LogP contribution >= 0.6 is 0 Å². The second-order valence-electron chi connectivity index (χ2n) is 4.65. The smallest absolute Gasteiger partial charge is 0.160 e. The van der Waals surface area contributed by atoms with E-state index in [0.29, 0.717) is 5.92 Å². The van der Waals surface area contributed by atoms with Crippen LogP contribution in [0.25, 0.3) is 0 Å². The number of ether oxygens (including phenoxy) is 2. The van der Waals surface area contributed by atoms with Crippen LogP contribution in [0.15, 0.2) is 28.8 Å². The predicted molar refractivity (Wildman–Crippen MR) is 72.9 cm³/mol. The SMILES string of the molecule is COc1ccc([C@@H](C)Cc2cc(C)no2)cc1OC. The molecule has 102 valence electrons. The molecule has 0 aliphatic carbocycles. The van der Waals surface area contributed by atoms with E-state index in [-0.39, 0.29) is 0 Å². The molecule has 0 aliphatic rings. The third kappa shape index (κ3) is 3.08. The molecule has 1 heterocycles. The summed E-state index contributed by atoms with van der Waals surface area (Å²) in [7, 11) is 3.28. The van der Waals surface area contributed by atoms with Gasteiger partial charge in [0.05, 0.1) is 19.9 Å². The standard InChI is InChI=1S/C15H19NO3/c1-10(7-13-8-11(2)16-19-13)12-5-6-14(17-3)15(9-12)18-4/h5-6,8-10H,7H2,1-4H3/t10-/m0/s1. The second-order valence-corrected chi connectivity index (χ2v) is 4.65. The third-order valence-corrected chi connectivity index (χ3v) is 3.16. The van der Waals surface area contributed by atoms with Gasteiger partial charge in [-0.05, 0) is 30.5 Å². The van der Waals surface area contributed by atoms with Crippen LogP contribution in [-0.2, 0) is 6.42 Å². The molecule has 19 heavy (non-hydrogen) atoms. The summed E-state index contributed by atoms with van der Waals surface area (Å²) in [6.45, 7) is 4.08. The molecule has 1 atom stereocenters. The van der Waals surface area contributed by atoms with E-state index in [9.17, 15) is 0 Å². The molecule has 0 saturated heterocycles. The van der Waals surface area contributed by atoms with E-state index in [1.807, 2.05) is 25.1 Å². The van der Waals surface area contributed by atoms with Crippen molar-refractivity contribution in [1.29, 1.82) is 0 Å². The molecule has 0 amide bonds. The van der Waals surface area contributed by atoms with Crippen LogP contribution in [0.4, 0.5) is 0 Å². The van der Waals surface area contributed by atoms with E-state index in [2.05, 4.69) is 18.1 Å². The fraction of sp³-hybridized carbons (Fsp3) is 0.400. The summed E-state index contributed by atoms with van der Waals surface area (Å²) in [6.07, 6.45) is 0.816. The minimum absolute atomic E-state index is 0.326. The van der Waals surface area contributed by atoms with Gasteiger partial charge in [-0.25, -0.2) is 0 Å². The first-order valence-corrected chi connectivity index (χ1v) is 6.28. The molecular formula is C15H19NO3. The normalized spacial score (nSPS) is 12.2. The highest BCUT2D eigenvalue weighted by Crippen LogP contribution is 2.31. The number of rotatable bonds is 5. The molecule has 4 heteroatoms. The molecule has 0 saturated carbocycles. The van der Waals surface area contributed by atoms with Crippen LogP contribution in [0.1, 0.15) is 29.9 Å². The first kappa shape index (κ1) is 13.5. The van der Waals surface area contributed by atoms with Crippen molar-refractivity contribution in [2.75, 3.05) is 14.2 Å². The Balaban J connectivity index is 2.16. The fourth-order valence-electron chi connectivity index (χ4n) is 2.09. The highest BCUT2D eigenvalue weighted by Gasteiger charge is 2.13. The van der Waals surface area contributed by atoms with Crippen molar-refractivity contribution in [2.24, 2.45) is 0 Å². The Morgan fingerprint density at radius 3 is 2.47 bits per heavy atom. The largest absolute Gasteiger partial charge is 0.493 e. The fourth-order valence-corrected chi connectivity index (χ4v) is 2.09. The highest BCUT2D eigenvalue weighted by molar-refractivity contribution is 5.44. The lowest BCUT2D eigenvalue weighted by atomic mass is 9.96. The summed E-state index contributed by atoms with van der Waals surface area (Å²) in [5.41, 5.74) is 2.10. The Hall–Kier alpha value is -1.97. The molecule has 0 fully saturated rings. The van der Waals surface area contributed by atoms with Crippen molar-refractivity contribution in [1.82, 2.24) is 5.16 Å². The quantitative estimate of drug-likeness (QED) is 0.828. The van der Waals surface area contributed by atoms with Crippen LogP contribution in [0.2, 0.25) is 0 Å². The predicted octanol–water partition coefficient (Wildman–Crippen LogP) is 3.35. The highest BCUT2D eigenvalue weighted by atomic mass is 16.5. The third-order valence-electron chi connectivity index (χ3n) is 3.16. The van der Waals surface area contributed by atoms with Gasteiger partial charge < -0.3 is 14.0 Å². The molecule has 4 nitrogen and oxygen atoms in total. The minimum Gasteiger partial charge on any atom is -0.493 e. The maximum atomic E-state index is 5.32. The van der Waals surface area contributed by atoms with Gasteiger partial charge in [0.15, 0.2) is 11.5 Å². The van der Waals surface area contributed by atoms with Gasteiger partial charge in [-0.2, -0.15) is 0 Å². The summed E-state index contributed by atoms with van der Waals surface area (Å²) in [5.74, 6) is 2.72. The van der Waals surface area contributed by atoms with Gasteiger partial charge in [0.25, 0.3) is 0 Å². The maximum Gasteiger partial charge on any atom is 0.160 e. The number of hydrogen-bond donors (Lipinski definition) is 0. The second kappa shape index (κ2) is 5.78. The van der Waals surface area contributed by atoms with Gasteiger partial charge in [-0.15, -0.1) is 0 Å². The van der Waals surface area contributed by atoms with Crippen LogP contribution in [0, 0.1) is 6.92 Å². The van der Waals surface area contributed by atoms with Crippen molar-refractivity contribution in [3.8, 4) is 11.5 Å². The van der Waals surface area contributed by atoms with Gasteiger partial charge >= 0.3 is 0 Å². The summed E-state index contributed by atoms with van der Waals surface area (Å²) in [6, 6.07) is 7.95. The van der Waals surface area contributed by atoms with E-state index in [0.717, 1.165) is 29.4 Å². The van der Waals surface area contributed by atoms with Crippen LogP contribution in [0.3, 0.4) is 0 Å². The lowest BCUT2D eigenvalue weighted by Crippen LogP contribution is -1.99. The van der Waals surface area contributed by atoms with E-state index in [1.165, 1.54) is 5.56 Å². The zero-order valence-electron chi connectivity index (χ0n) is 11.8. The van der Waals surface area contributed by atoms with Gasteiger partial charge in [0.1, 0.15) is 5.76 Å². The molecular weight excluding hydrogens is 242 g/mol. The average molecular weight is 261 g/mol. The van der Waals surface area contributed by atoms with Crippen LogP contribution in [-0.4, -0.2) is 19.4 Å². The average Bonchev–Trinajstić information content (AvgIpc) is 2.83. The summed E-state index contributed by atoms with van der Waals surface area (Å²) in [5, 5.41) is 3.90. The Morgan fingerprint density at radius 1 is 1.16 bits per heavy atom. The Labute approximate surface area is 113 Å². The lowest BCUT2D eigenvalue weighted by molar-refractivity contribution is 0.353. The van der Waals surface area contributed by atoms with Crippen LogP contribution < -0.4 is 9.47 Å². The summed E-state index contributed by atoms with van der Waals surface area (Å²) < 4.78 is 15.8. The van der Waals surface area contributed by atoms with Gasteiger partial charge in [0.2, 0.25) is 0 Å². The molecule has 0 bridgehead atoms. The van der Waals surface area contributed by atoms with E-state index in [1.54, 1.807) is 14.2 Å². The molecule has 0 aliphatic heterocycles. The molecule has 1 aromatic carbocycles. The van der Waals surface area contributed by atoms with Crippen LogP contribution in [0.5, 0.6) is 11.5 Å². The molecule has 0 N–H and O–H groups in total. The van der Waals surface area contributed by atoms with E-state index in [4.69, 9.17) is 14.0 Å². The van der Waals surface area contributed by atoms with Crippen molar-refractivity contribution >= 4 is 0 Å². The number of nitrogens with zero attached hydrogens (tertiary/aromatic N) is 1. The Morgan fingerprint density at radius 2 is 1.89 bits per heavy atom. The first-order valence-electron chi connectivity index (χ1n) is 6.28. The van der Waals surface area contributed by atoms with Gasteiger partial charge in [-0.1, -0.05) is 18.1 Å². The van der Waals surface area contributed by atoms with Gasteiger partial charge in [0, 0.05) is 12.5 Å². The molecule has 2 rings (SSSR count). The summed E-state index contributed by atoms with van der Waals surface area (Å²) >= 11 is 0. The molecule has 0 unspecified atom stereocenters. The zero-order chi connectivity index (χ0) is 13.8. The first-order chi connectivity index (χ1) is 9.13. The molecule has 2 aromatic rings. The summed E-state index contributed by atoms with van der Waals surface area (Å²) in [4.78, 5) is 0. The zero-order valence-corrected chi connectivity index (χ0v) is 11.8. The maximum absolute atomic E-state index is 5.32. The monoisotopic (exact) mass is 261 g/mol. The van der Waals surface area contributed by atoms with E-state index >= 15 is 0 Å². The van der Waals surface area contributed by atoms with Crippen molar-refractivity contribution in [3.63, 3.8) is 0 Å². The number of aryl methyl sites for hydroxylation is 1. The van der Waals surface area contributed by atoms with Crippen molar-refractivity contribution in [3.05, 3.63) is 41.3 Å². The van der Waals surface area contributed by atoms with E-state index < -0.39 is 0 Å². The topological polar surface area (TPSA) is 44.5 Å². The molecule has 0 radical (unpaired) electrons. The van der Waals surface area contributed by atoms with Gasteiger partial charge in [-0.3, -0.25) is 0 Å². The minimum atomic E-state index is 0.326. The number of aromatic nitrogens is 1. The number of hydrogen-bond acceptors (Lipinski definition) is 4. The molecule has 0 spiro atoms. The number of benzene rings is 1. The Kier molecular flexibility index (Phi) is 4.10. The van der Waals surface area contributed by atoms with Crippen molar-refractivity contribution < 1.29 is 14.0 Å². The lowest BCUT2D eigenvalue weighted by Gasteiger charge is -2.13. The molecule has 1 aromatic heterocycles. The number of methoxy groups -OCH3 is 2.